The molecule has 6 nitrogen and oxygen atoms in total. The molecule has 0 saturated heterocycles. The minimum absolute atomic E-state index is 0.0754. The number of esters is 3. The van der Waals surface area contributed by atoms with Crippen molar-refractivity contribution in [1.82, 2.24) is 0 Å². The Morgan fingerprint density at radius 3 is 0.781 bits per heavy atom. The first-order valence-electron chi connectivity index (χ1n) is 32.1. The van der Waals surface area contributed by atoms with Crippen LogP contribution in [0.3, 0.4) is 0 Å². The molecule has 0 aromatic carbocycles. The van der Waals surface area contributed by atoms with E-state index in [2.05, 4.69) is 69.4 Å². The molecular weight excluding hydrogens is 901 g/mol. The summed E-state index contributed by atoms with van der Waals surface area (Å²) in [4.78, 5) is 38.1. The second-order valence-electron chi connectivity index (χ2n) is 21.7. The summed E-state index contributed by atoms with van der Waals surface area (Å²) >= 11 is 0. The highest BCUT2D eigenvalue weighted by atomic mass is 16.6. The fraction of sp³-hybridized carbons (Fsp3) is 0.836. The lowest BCUT2D eigenvalue weighted by molar-refractivity contribution is -0.167. The summed E-state index contributed by atoms with van der Waals surface area (Å²) in [5.74, 6) is -0.878. The lowest BCUT2D eigenvalue weighted by atomic mass is 10.0. The Morgan fingerprint density at radius 1 is 0.274 bits per heavy atom. The molecule has 0 heterocycles. The molecule has 0 amide bonds. The lowest BCUT2D eigenvalue weighted by Crippen LogP contribution is -2.30. The zero-order valence-corrected chi connectivity index (χ0v) is 48.9. The largest absolute Gasteiger partial charge is 0.462 e. The van der Waals surface area contributed by atoms with Gasteiger partial charge in [-0.05, 0) is 83.5 Å². The molecule has 0 aliphatic rings. The van der Waals surface area contributed by atoms with E-state index in [0.29, 0.717) is 19.3 Å². The molecule has 73 heavy (non-hydrogen) atoms. The van der Waals surface area contributed by atoms with Crippen LogP contribution in [0.5, 0.6) is 0 Å². The van der Waals surface area contributed by atoms with Gasteiger partial charge in [0.05, 0.1) is 0 Å². The molecular formula is C67H122O6. The molecule has 0 aliphatic heterocycles. The van der Waals surface area contributed by atoms with Crippen molar-refractivity contribution in [3.8, 4) is 0 Å². The minimum atomic E-state index is -0.776. The van der Waals surface area contributed by atoms with Gasteiger partial charge in [-0.15, -0.1) is 0 Å². The van der Waals surface area contributed by atoms with Crippen LogP contribution in [0.25, 0.3) is 0 Å². The fourth-order valence-corrected chi connectivity index (χ4v) is 9.45. The van der Waals surface area contributed by atoms with Crippen LogP contribution in [0.4, 0.5) is 0 Å². The molecule has 0 spiro atoms. The lowest BCUT2D eigenvalue weighted by Gasteiger charge is -2.18. The monoisotopic (exact) mass is 1020 g/mol. The maximum atomic E-state index is 12.8. The summed E-state index contributed by atoms with van der Waals surface area (Å²) in [7, 11) is 0. The van der Waals surface area contributed by atoms with E-state index in [9.17, 15) is 14.4 Å². The van der Waals surface area contributed by atoms with E-state index >= 15 is 0 Å². The molecule has 0 radical (unpaired) electrons. The zero-order valence-electron chi connectivity index (χ0n) is 48.9. The second kappa shape index (κ2) is 61.9. The highest BCUT2D eigenvalue weighted by molar-refractivity contribution is 5.71. The van der Waals surface area contributed by atoms with Crippen molar-refractivity contribution in [3.05, 3.63) is 48.6 Å². The predicted molar refractivity (Wildman–Crippen MR) is 316 cm³/mol. The standard InChI is InChI=1S/C67H122O6/c1-4-7-10-13-16-18-20-22-24-26-28-30-31-32-33-34-35-37-38-40-42-44-46-48-51-54-57-60-66(69)72-63-64(62-71-65(68)59-56-53-50-15-12-9-6-3)73-67(70)61-58-55-52-49-47-45-43-41-39-36-29-27-25-23-21-19-17-14-11-8-5-2/h21,23,26-29,39,41,64H,4-20,22,24-25,30-38,40,42-63H2,1-3H3/b23-21-,28-26-,29-27-,41-39-. The molecule has 0 aromatic rings. The predicted octanol–water partition coefficient (Wildman–Crippen LogP) is 21.8. The maximum absolute atomic E-state index is 12.8. The van der Waals surface area contributed by atoms with E-state index in [1.807, 2.05) is 0 Å². The molecule has 0 bridgehead atoms. The molecule has 1 unspecified atom stereocenters. The van der Waals surface area contributed by atoms with Gasteiger partial charge >= 0.3 is 17.9 Å². The molecule has 0 aromatic heterocycles. The topological polar surface area (TPSA) is 78.9 Å². The second-order valence-corrected chi connectivity index (χ2v) is 21.7. The maximum Gasteiger partial charge on any atom is 0.306 e. The van der Waals surface area contributed by atoms with Gasteiger partial charge in [0.15, 0.2) is 6.10 Å². The summed E-state index contributed by atoms with van der Waals surface area (Å²) < 4.78 is 16.8. The van der Waals surface area contributed by atoms with Gasteiger partial charge in [-0.3, -0.25) is 14.4 Å². The molecule has 1 atom stereocenters. The molecule has 0 N–H and O–H groups in total. The third-order valence-corrected chi connectivity index (χ3v) is 14.3. The van der Waals surface area contributed by atoms with Crippen LogP contribution in [0.2, 0.25) is 0 Å². The number of hydrogen-bond donors (Lipinski definition) is 0. The summed E-state index contributed by atoms with van der Waals surface area (Å²) in [6.07, 6.45) is 77.2. The van der Waals surface area contributed by atoms with Crippen LogP contribution >= 0.6 is 0 Å². The van der Waals surface area contributed by atoms with Gasteiger partial charge < -0.3 is 14.2 Å². The first-order valence-corrected chi connectivity index (χ1v) is 32.1. The van der Waals surface area contributed by atoms with Gasteiger partial charge in [-0.25, -0.2) is 0 Å². The average Bonchev–Trinajstić information content (AvgIpc) is 3.39. The zero-order chi connectivity index (χ0) is 52.9. The molecule has 0 fully saturated rings. The van der Waals surface area contributed by atoms with Gasteiger partial charge in [-0.1, -0.05) is 288 Å². The number of ether oxygens (including phenoxy) is 3. The van der Waals surface area contributed by atoms with Gasteiger partial charge in [0.25, 0.3) is 0 Å². The van der Waals surface area contributed by atoms with Crippen molar-refractivity contribution in [2.45, 2.75) is 348 Å². The molecule has 0 saturated carbocycles. The number of rotatable bonds is 59. The first kappa shape index (κ1) is 70.4. The van der Waals surface area contributed by atoms with E-state index in [1.165, 1.54) is 225 Å². The SMILES string of the molecule is CCCCCCC/C=C\C/C=C\C/C=C\CCCCCCCCC(=O)OC(COC(=O)CCCCCCCCC)COC(=O)CCCCCCCCCCCCCCCCC/C=C\CCCCCCCCCC. The Balaban J connectivity index is 4.11. The molecule has 0 rings (SSSR count). The highest BCUT2D eigenvalue weighted by Crippen LogP contribution is 2.17. The first-order chi connectivity index (χ1) is 36.0. The number of carbonyl (C=O) groups is 3. The van der Waals surface area contributed by atoms with E-state index < -0.39 is 6.10 Å². The van der Waals surface area contributed by atoms with Crippen molar-refractivity contribution < 1.29 is 28.6 Å². The van der Waals surface area contributed by atoms with Gasteiger partial charge in [-0.2, -0.15) is 0 Å². The summed E-state index contributed by atoms with van der Waals surface area (Å²) in [5.41, 5.74) is 0. The fourth-order valence-electron chi connectivity index (χ4n) is 9.45. The smallest absolute Gasteiger partial charge is 0.306 e. The van der Waals surface area contributed by atoms with Crippen LogP contribution in [-0.2, 0) is 28.6 Å². The normalized spacial score (nSPS) is 12.3. The average molecular weight is 1020 g/mol. The van der Waals surface area contributed by atoms with Crippen LogP contribution in [-0.4, -0.2) is 37.2 Å². The van der Waals surface area contributed by atoms with Gasteiger partial charge in [0, 0.05) is 19.3 Å². The summed E-state index contributed by atoms with van der Waals surface area (Å²) in [6.45, 7) is 6.62. The Bertz CT molecular complexity index is 1270. The van der Waals surface area contributed by atoms with Crippen LogP contribution < -0.4 is 0 Å². The molecule has 426 valence electrons. The molecule has 6 heteroatoms. The summed E-state index contributed by atoms with van der Waals surface area (Å²) in [6, 6.07) is 0. The van der Waals surface area contributed by atoms with Crippen molar-refractivity contribution in [2.75, 3.05) is 13.2 Å². The minimum Gasteiger partial charge on any atom is -0.462 e. The van der Waals surface area contributed by atoms with Crippen LogP contribution in [0.15, 0.2) is 48.6 Å². The number of hydrogen-bond acceptors (Lipinski definition) is 6. The van der Waals surface area contributed by atoms with E-state index in [0.717, 1.165) is 77.0 Å². The number of unbranched alkanes of at least 4 members (excludes halogenated alkanes) is 40. The molecule has 0 aliphatic carbocycles. The number of allylic oxidation sites excluding steroid dienone is 8. The summed E-state index contributed by atoms with van der Waals surface area (Å²) in [5, 5.41) is 0. The van der Waals surface area contributed by atoms with Crippen LogP contribution in [0, 0.1) is 0 Å². The van der Waals surface area contributed by atoms with E-state index in [1.54, 1.807) is 0 Å². The van der Waals surface area contributed by atoms with Crippen LogP contribution in [0.1, 0.15) is 342 Å². The Hall–Kier alpha value is -2.63. The van der Waals surface area contributed by atoms with Crippen molar-refractivity contribution in [3.63, 3.8) is 0 Å². The van der Waals surface area contributed by atoms with E-state index in [-0.39, 0.29) is 31.1 Å². The highest BCUT2D eigenvalue weighted by Gasteiger charge is 2.19. The van der Waals surface area contributed by atoms with Gasteiger partial charge in [0.1, 0.15) is 13.2 Å². The Morgan fingerprint density at radius 2 is 0.493 bits per heavy atom. The number of carbonyl (C=O) groups excluding carboxylic acids is 3. The third kappa shape index (κ3) is 60.1. The Kier molecular flexibility index (Phi) is 59.7. The Labute approximate surface area is 454 Å². The van der Waals surface area contributed by atoms with Crippen molar-refractivity contribution >= 4 is 17.9 Å². The third-order valence-electron chi connectivity index (χ3n) is 14.3. The quantitative estimate of drug-likeness (QED) is 0.0261. The van der Waals surface area contributed by atoms with E-state index in [4.69, 9.17) is 14.2 Å². The van der Waals surface area contributed by atoms with Crippen molar-refractivity contribution in [2.24, 2.45) is 0 Å². The van der Waals surface area contributed by atoms with Gasteiger partial charge in [0.2, 0.25) is 0 Å². The van der Waals surface area contributed by atoms with Crippen molar-refractivity contribution in [1.29, 1.82) is 0 Å².